The molecule has 1 aliphatic heterocycles. The summed E-state index contributed by atoms with van der Waals surface area (Å²) in [4.78, 5) is 48.9. The van der Waals surface area contributed by atoms with Gasteiger partial charge in [0.1, 0.15) is 0 Å². The van der Waals surface area contributed by atoms with Crippen LogP contribution in [0.3, 0.4) is 0 Å². The van der Waals surface area contributed by atoms with Gasteiger partial charge >= 0.3 is 23.9 Å². The molecule has 0 bridgehead atoms. The van der Waals surface area contributed by atoms with Crippen LogP contribution in [0.2, 0.25) is 0 Å². The lowest BCUT2D eigenvalue weighted by Gasteiger charge is -2.32. The van der Waals surface area contributed by atoms with Crippen LogP contribution in [0.4, 0.5) is 0 Å². The smallest absolute Gasteiger partial charge is 0.304 e. The van der Waals surface area contributed by atoms with Gasteiger partial charge < -0.3 is 36.4 Å². The Morgan fingerprint density at radius 1 is 0.545 bits per heavy atom. The van der Waals surface area contributed by atoms with Gasteiger partial charge in [-0.3, -0.25) is 24.1 Å². The molecule has 1 heterocycles. The van der Waals surface area contributed by atoms with Crippen LogP contribution in [-0.4, -0.2) is 108 Å². The highest BCUT2D eigenvalue weighted by Crippen LogP contribution is 2.31. The van der Waals surface area contributed by atoms with E-state index < -0.39 is 23.9 Å². The molecule has 1 saturated heterocycles. The molecule has 7 N–H and O–H groups in total. The van der Waals surface area contributed by atoms with Gasteiger partial charge in [-0.15, -0.1) is 0 Å². The Bertz CT molecular complexity index is 839. The lowest BCUT2D eigenvalue weighted by atomic mass is 9.81. The van der Waals surface area contributed by atoms with Gasteiger partial charge in [-0.05, 0) is 74.5 Å². The van der Waals surface area contributed by atoms with Crippen molar-refractivity contribution >= 4 is 23.9 Å². The van der Waals surface area contributed by atoms with E-state index in [1.807, 2.05) is 0 Å². The molecule has 1 aliphatic rings. The number of hydrogen-bond donors (Lipinski definition) is 7. The standard InChI is InChI=1S/C32H60N4O8/c1-32(2,3)11-10-26(22-30(41)42)7-6-24(20-28(37)38)4-5-25(21-29(39)40)8-9-27(23-31(43)44)36-18-16-34-14-12-33-13-15-35-17-19-36/h24-27,33-35H,4-23H2,1-3H3,(H,37,38)(H,39,40)(H,41,42)(H,43,44). The lowest BCUT2D eigenvalue weighted by molar-refractivity contribution is -0.140. The minimum absolute atomic E-state index is 0.0253. The van der Waals surface area contributed by atoms with E-state index in [-0.39, 0.29) is 54.9 Å². The Morgan fingerprint density at radius 2 is 0.886 bits per heavy atom. The third kappa shape index (κ3) is 21.4. The molecule has 0 spiro atoms. The Morgan fingerprint density at radius 3 is 1.25 bits per heavy atom. The van der Waals surface area contributed by atoms with Crippen molar-refractivity contribution in [3.8, 4) is 0 Å². The zero-order valence-corrected chi connectivity index (χ0v) is 27.3. The zero-order valence-electron chi connectivity index (χ0n) is 27.3. The van der Waals surface area contributed by atoms with Crippen molar-refractivity contribution in [3.63, 3.8) is 0 Å². The summed E-state index contributed by atoms with van der Waals surface area (Å²) in [6.07, 6.45) is 4.95. The zero-order chi connectivity index (χ0) is 33.0. The van der Waals surface area contributed by atoms with Crippen LogP contribution in [0.25, 0.3) is 0 Å². The first-order chi connectivity index (χ1) is 20.7. The summed E-state index contributed by atoms with van der Waals surface area (Å²) in [5.74, 6) is -3.98. The topological polar surface area (TPSA) is 189 Å². The number of carbonyl (C=O) groups is 4. The van der Waals surface area contributed by atoms with Gasteiger partial charge in [-0.25, -0.2) is 0 Å². The molecule has 44 heavy (non-hydrogen) atoms. The summed E-state index contributed by atoms with van der Waals surface area (Å²) in [7, 11) is 0. The molecule has 0 amide bonds. The average molecular weight is 629 g/mol. The maximum absolute atomic E-state index is 11.8. The first-order valence-electron chi connectivity index (χ1n) is 16.5. The molecule has 256 valence electrons. The van der Waals surface area contributed by atoms with Crippen molar-refractivity contribution in [2.24, 2.45) is 23.2 Å². The van der Waals surface area contributed by atoms with E-state index in [1.54, 1.807) is 0 Å². The molecule has 0 saturated carbocycles. The van der Waals surface area contributed by atoms with Gasteiger partial charge in [0.15, 0.2) is 0 Å². The van der Waals surface area contributed by atoms with Crippen molar-refractivity contribution in [2.75, 3.05) is 52.4 Å². The van der Waals surface area contributed by atoms with Crippen molar-refractivity contribution in [1.29, 1.82) is 0 Å². The van der Waals surface area contributed by atoms with E-state index in [2.05, 4.69) is 41.6 Å². The molecule has 0 radical (unpaired) electrons. The second-order valence-electron chi connectivity index (χ2n) is 13.8. The SMILES string of the molecule is CC(C)(C)CCC(CCC(CCC(CCC(CC(=O)O)N1CCNCCNCCNCC1)CC(=O)O)CC(=O)O)CC(=O)O. The first-order valence-corrected chi connectivity index (χ1v) is 16.5. The summed E-state index contributed by atoms with van der Waals surface area (Å²) in [6, 6.07) is -0.233. The van der Waals surface area contributed by atoms with E-state index >= 15 is 0 Å². The van der Waals surface area contributed by atoms with Gasteiger partial charge in [0.25, 0.3) is 0 Å². The number of nitrogens with zero attached hydrogens (tertiary/aromatic N) is 1. The summed E-state index contributed by atoms with van der Waals surface area (Å²) in [6.45, 7) is 12.6. The molecule has 12 heteroatoms. The minimum Gasteiger partial charge on any atom is -0.481 e. The summed E-state index contributed by atoms with van der Waals surface area (Å²) >= 11 is 0. The molecule has 1 fully saturated rings. The van der Waals surface area contributed by atoms with Gasteiger partial charge in [-0.1, -0.05) is 20.8 Å². The van der Waals surface area contributed by atoms with Crippen molar-refractivity contribution in [2.45, 2.75) is 104 Å². The maximum atomic E-state index is 11.8. The number of nitrogens with one attached hydrogen (secondary N) is 3. The van der Waals surface area contributed by atoms with Crippen LogP contribution in [0.15, 0.2) is 0 Å². The second-order valence-corrected chi connectivity index (χ2v) is 13.8. The van der Waals surface area contributed by atoms with E-state index in [4.69, 9.17) is 0 Å². The maximum Gasteiger partial charge on any atom is 0.304 e. The Labute approximate surface area is 263 Å². The van der Waals surface area contributed by atoms with Crippen LogP contribution >= 0.6 is 0 Å². The molecule has 0 aromatic heterocycles. The van der Waals surface area contributed by atoms with Crippen molar-refractivity contribution < 1.29 is 39.6 Å². The molecular formula is C32H60N4O8. The molecule has 0 aromatic rings. The van der Waals surface area contributed by atoms with Gasteiger partial charge in [0.2, 0.25) is 0 Å². The largest absolute Gasteiger partial charge is 0.481 e. The number of rotatable bonds is 20. The monoisotopic (exact) mass is 628 g/mol. The number of carboxylic acid groups (broad SMARTS) is 4. The first kappa shape index (κ1) is 39.7. The second kappa shape index (κ2) is 22.3. The van der Waals surface area contributed by atoms with Gasteiger partial charge in [0, 0.05) is 77.7 Å². The normalized spacial score (nSPS) is 18.7. The summed E-state index contributed by atoms with van der Waals surface area (Å²) in [5, 5.41) is 48.5. The summed E-state index contributed by atoms with van der Waals surface area (Å²) in [5.41, 5.74) is 0.0774. The quantitative estimate of drug-likeness (QED) is 0.104. The third-order valence-corrected chi connectivity index (χ3v) is 8.60. The number of aliphatic carboxylic acids is 4. The Hall–Kier alpha value is -2.28. The highest BCUT2D eigenvalue weighted by atomic mass is 16.4. The predicted molar refractivity (Wildman–Crippen MR) is 170 cm³/mol. The lowest BCUT2D eigenvalue weighted by Crippen LogP contribution is -2.46. The molecule has 0 aromatic carbocycles. The Balaban J connectivity index is 2.89. The summed E-state index contributed by atoms with van der Waals surface area (Å²) < 4.78 is 0. The fraction of sp³-hybridized carbons (Fsp3) is 0.875. The van der Waals surface area contributed by atoms with E-state index in [0.29, 0.717) is 51.6 Å². The number of carboxylic acids is 4. The molecule has 0 aliphatic carbocycles. The van der Waals surface area contributed by atoms with E-state index in [9.17, 15) is 39.6 Å². The van der Waals surface area contributed by atoms with Crippen LogP contribution in [0.1, 0.15) is 97.8 Å². The van der Waals surface area contributed by atoms with Crippen LogP contribution in [-0.2, 0) is 19.2 Å². The van der Waals surface area contributed by atoms with Gasteiger partial charge in [0.05, 0.1) is 6.42 Å². The predicted octanol–water partition coefficient (Wildman–Crippen LogP) is 3.35. The van der Waals surface area contributed by atoms with E-state index in [1.165, 1.54) is 0 Å². The molecular weight excluding hydrogens is 568 g/mol. The minimum atomic E-state index is -0.920. The van der Waals surface area contributed by atoms with Crippen LogP contribution in [0.5, 0.6) is 0 Å². The molecule has 12 nitrogen and oxygen atoms in total. The van der Waals surface area contributed by atoms with Crippen molar-refractivity contribution in [3.05, 3.63) is 0 Å². The van der Waals surface area contributed by atoms with Crippen LogP contribution in [0, 0.1) is 23.2 Å². The molecule has 4 unspecified atom stereocenters. The Kier molecular flexibility index (Phi) is 20.1. The van der Waals surface area contributed by atoms with Crippen molar-refractivity contribution in [1.82, 2.24) is 20.9 Å². The molecule has 1 rings (SSSR count). The fourth-order valence-electron chi connectivity index (χ4n) is 6.06. The fourth-order valence-corrected chi connectivity index (χ4v) is 6.06. The van der Waals surface area contributed by atoms with Gasteiger partial charge in [-0.2, -0.15) is 0 Å². The highest BCUT2D eigenvalue weighted by Gasteiger charge is 2.26. The third-order valence-electron chi connectivity index (χ3n) is 8.60. The highest BCUT2D eigenvalue weighted by molar-refractivity contribution is 5.68. The van der Waals surface area contributed by atoms with E-state index in [0.717, 1.165) is 52.1 Å². The average Bonchev–Trinajstić information content (AvgIpc) is 2.89. The van der Waals surface area contributed by atoms with Crippen LogP contribution < -0.4 is 16.0 Å². The number of hydrogen-bond acceptors (Lipinski definition) is 8. The molecule has 4 atom stereocenters.